The Morgan fingerprint density at radius 3 is 3.00 bits per heavy atom. The van der Waals surface area contributed by atoms with Crippen LogP contribution in [0.25, 0.3) is 0 Å². The molecule has 0 aliphatic rings. The van der Waals surface area contributed by atoms with Crippen LogP contribution in [0.4, 0.5) is 10.6 Å². The van der Waals surface area contributed by atoms with E-state index in [0.29, 0.717) is 12.4 Å². The summed E-state index contributed by atoms with van der Waals surface area (Å²) < 4.78 is 0. The Kier molecular flexibility index (Phi) is 3.25. The number of carbonyl (C=O) groups excluding carboxylic acids is 1. The molecule has 1 aromatic rings. The Labute approximate surface area is 77.4 Å². The monoisotopic (exact) mass is 179 g/mol. The van der Waals surface area contributed by atoms with Crippen molar-refractivity contribution in [2.24, 2.45) is 0 Å². The number of hydrogen-bond donors (Lipinski definition) is 2. The van der Waals surface area contributed by atoms with E-state index >= 15 is 0 Å². The molecule has 2 amide bonds. The van der Waals surface area contributed by atoms with Gasteiger partial charge in [0, 0.05) is 12.7 Å². The first kappa shape index (κ1) is 9.51. The van der Waals surface area contributed by atoms with E-state index in [1.54, 1.807) is 6.20 Å². The van der Waals surface area contributed by atoms with Gasteiger partial charge in [0.15, 0.2) is 0 Å². The van der Waals surface area contributed by atoms with Gasteiger partial charge >= 0.3 is 6.03 Å². The minimum Gasteiger partial charge on any atom is -0.338 e. The van der Waals surface area contributed by atoms with Gasteiger partial charge in [0.25, 0.3) is 0 Å². The highest BCUT2D eigenvalue weighted by atomic mass is 16.2. The molecule has 2 N–H and O–H groups in total. The molecule has 0 radical (unpaired) electrons. The lowest BCUT2D eigenvalue weighted by atomic mass is 10.3. The second kappa shape index (κ2) is 4.45. The summed E-state index contributed by atoms with van der Waals surface area (Å²) in [6, 6.07) is 3.51. The van der Waals surface area contributed by atoms with Crippen LogP contribution in [0.5, 0.6) is 0 Å². The van der Waals surface area contributed by atoms with Crippen LogP contribution in [-0.4, -0.2) is 17.6 Å². The quantitative estimate of drug-likeness (QED) is 0.723. The fraction of sp³-hybridized carbons (Fsp3) is 0.333. The lowest BCUT2D eigenvalue weighted by molar-refractivity contribution is 0.252. The number of nitrogens with one attached hydrogen (secondary N) is 2. The molecule has 0 spiro atoms. The molecule has 1 rings (SSSR count). The first-order chi connectivity index (χ1) is 6.24. The molecule has 1 heterocycles. The number of aryl methyl sites for hydroxylation is 1. The van der Waals surface area contributed by atoms with Crippen molar-refractivity contribution in [3.63, 3.8) is 0 Å². The third kappa shape index (κ3) is 2.74. The molecule has 0 bridgehead atoms. The van der Waals surface area contributed by atoms with Crippen LogP contribution < -0.4 is 10.6 Å². The summed E-state index contributed by atoms with van der Waals surface area (Å²) in [6.07, 6.45) is 1.65. The molecule has 0 saturated carbocycles. The standard InChI is InChI=1S/C9H13N3O/c1-3-10-9(13)12-8-7(2)5-4-6-11-8/h4-6H,3H2,1-2H3,(H2,10,11,12,13). The van der Waals surface area contributed by atoms with Crippen molar-refractivity contribution in [2.75, 3.05) is 11.9 Å². The maximum Gasteiger partial charge on any atom is 0.320 e. The van der Waals surface area contributed by atoms with Crippen LogP contribution in [-0.2, 0) is 0 Å². The normalized spacial score (nSPS) is 9.38. The second-order valence-corrected chi connectivity index (χ2v) is 2.65. The summed E-state index contributed by atoms with van der Waals surface area (Å²) in [7, 11) is 0. The Morgan fingerprint density at radius 2 is 2.38 bits per heavy atom. The van der Waals surface area contributed by atoms with Gasteiger partial charge < -0.3 is 5.32 Å². The van der Waals surface area contributed by atoms with Crippen molar-refractivity contribution in [1.82, 2.24) is 10.3 Å². The molecule has 0 aliphatic heterocycles. The van der Waals surface area contributed by atoms with Crippen LogP contribution in [0, 0.1) is 6.92 Å². The van der Waals surface area contributed by atoms with Crippen molar-refractivity contribution in [2.45, 2.75) is 13.8 Å². The summed E-state index contributed by atoms with van der Waals surface area (Å²) >= 11 is 0. The van der Waals surface area contributed by atoms with E-state index in [1.807, 2.05) is 26.0 Å². The van der Waals surface area contributed by atoms with Gasteiger partial charge in [-0.1, -0.05) is 6.07 Å². The fourth-order valence-corrected chi connectivity index (χ4v) is 0.929. The number of hydrogen-bond acceptors (Lipinski definition) is 2. The molecule has 0 aromatic carbocycles. The molecule has 70 valence electrons. The maximum atomic E-state index is 11.1. The van der Waals surface area contributed by atoms with Gasteiger partial charge in [0.2, 0.25) is 0 Å². The Hall–Kier alpha value is -1.58. The van der Waals surface area contributed by atoms with E-state index in [0.717, 1.165) is 5.56 Å². The number of pyridine rings is 1. The number of urea groups is 1. The lowest BCUT2D eigenvalue weighted by Crippen LogP contribution is -2.28. The van der Waals surface area contributed by atoms with Crippen LogP contribution in [0.3, 0.4) is 0 Å². The molecule has 1 aromatic heterocycles. The summed E-state index contributed by atoms with van der Waals surface area (Å²) in [6.45, 7) is 4.37. The van der Waals surface area contributed by atoms with Crippen LogP contribution in [0.15, 0.2) is 18.3 Å². The highest BCUT2D eigenvalue weighted by molar-refractivity contribution is 5.88. The van der Waals surface area contributed by atoms with Gasteiger partial charge in [-0.2, -0.15) is 0 Å². The molecular weight excluding hydrogens is 166 g/mol. The summed E-state index contributed by atoms with van der Waals surface area (Å²) in [4.78, 5) is 15.1. The minimum absolute atomic E-state index is 0.218. The van der Waals surface area contributed by atoms with Gasteiger partial charge in [-0.25, -0.2) is 9.78 Å². The Bertz CT molecular complexity index is 299. The van der Waals surface area contributed by atoms with Crippen molar-refractivity contribution >= 4 is 11.8 Å². The van der Waals surface area contributed by atoms with Crippen molar-refractivity contribution in [3.8, 4) is 0 Å². The van der Waals surface area contributed by atoms with Crippen LogP contribution in [0.2, 0.25) is 0 Å². The molecule has 0 saturated heterocycles. The second-order valence-electron chi connectivity index (χ2n) is 2.65. The zero-order valence-electron chi connectivity index (χ0n) is 7.79. The minimum atomic E-state index is -0.218. The third-order valence-electron chi connectivity index (χ3n) is 1.58. The average molecular weight is 179 g/mol. The lowest BCUT2D eigenvalue weighted by Gasteiger charge is -2.06. The number of carbonyl (C=O) groups is 1. The average Bonchev–Trinajstić information content (AvgIpc) is 2.09. The largest absolute Gasteiger partial charge is 0.338 e. The highest BCUT2D eigenvalue weighted by Crippen LogP contribution is 2.08. The van der Waals surface area contributed by atoms with E-state index in [9.17, 15) is 4.79 Å². The maximum absolute atomic E-state index is 11.1. The Morgan fingerprint density at radius 1 is 1.62 bits per heavy atom. The van der Waals surface area contributed by atoms with Crippen molar-refractivity contribution in [1.29, 1.82) is 0 Å². The van der Waals surface area contributed by atoms with Crippen LogP contribution in [0.1, 0.15) is 12.5 Å². The molecule has 0 atom stereocenters. The summed E-state index contributed by atoms with van der Waals surface area (Å²) in [5.74, 6) is 0.605. The molecule has 13 heavy (non-hydrogen) atoms. The highest BCUT2D eigenvalue weighted by Gasteiger charge is 2.02. The third-order valence-corrected chi connectivity index (χ3v) is 1.58. The van der Waals surface area contributed by atoms with E-state index in [4.69, 9.17) is 0 Å². The predicted molar refractivity (Wildman–Crippen MR) is 51.7 cm³/mol. The smallest absolute Gasteiger partial charge is 0.320 e. The van der Waals surface area contributed by atoms with Gasteiger partial charge in [-0.15, -0.1) is 0 Å². The van der Waals surface area contributed by atoms with Crippen molar-refractivity contribution in [3.05, 3.63) is 23.9 Å². The number of nitrogens with zero attached hydrogens (tertiary/aromatic N) is 1. The molecular formula is C9H13N3O. The van der Waals surface area contributed by atoms with E-state index in [-0.39, 0.29) is 6.03 Å². The first-order valence-electron chi connectivity index (χ1n) is 4.20. The number of amides is 2. The number of aromatic nitrogens is 1. The van der Waals surface area contributed by atoms with Gasteiger partial charge in [-0.05, 0) is 25.5 Å². The van der Waals surface area contributed by atoms with Gasteiger partial charge in [-0.3, -0.25) is 5.32 Å². The molecule has 0 unspecified atom stereocenters. The summed E-state index contributed by atoms with van der Waals surface area (Å²) in [5, 5.41) is 5.28. The predicted octanol–water partition coefficient (Wildman–Crippen LogP) is 1.53. The van der Waals surface area contributed by atoms with Crippen molar-refractivity contribution < 1.29 is 4.79 Å². The fourth-order valence-electron chi connectivity index (χ4n) is 0.929. The SMILES string of the molecule is CCNC(=O)Nc1ncccc1C. The van der Waals surface area contributed by atoms with Gasteiger partial charge in [0.05, 0.1) is 0 Å². The van der Waals surface area contributed by atoms with E-state index in [2.05, 4.69) is 15.6 Å². The van der Waals surface area contributed by atoms with E-state index in [1.165, 1.54) is 0 Å². The Balaban J connectivity index is 2.63. The molecule has 0 fully saturated rings. The zero-order valence-corrected chi connectivity index (χ0v) is 7.79. The van der Waals surface area contributed by atoms with Gasteiger partial charge in [0.1, 0.15) is 5.82 Å². The number of anilines is 1. The topological polar surface area (TPSA) is 54.0 Å². The zero-order chi connectivity index (χ0) is 9.68. The van der Waals surface area contributed by atoms with E-state index < -0.39 is 0 Å². The molecule has 4 heteroatoms. The molecule has 4 nitrogen and oxygen atoms in total. The number of rotatable bonds is 2. The van der Waals surface area contributed by atoms with Crippen LogP contribution >= 0.6 is 0 Å². The summed E-state index contributed by atoms with van der Waals surface area (Å²) in [5.41, 5.74) is 0.953. The first-order valence-corrected chi connectivity index (χ1v) is 4.20. The molecule has 0 aliphatic carbocycles.